The maximum atomic E-state index is 11.5. The molecule has 0 aliphatic heterocycles. The number of aromatic nitrogens is 4. The summed E-state index contributed by atoms with van der Waals surface area (Å²) in [5.41, 5.74) is 0. The fourth-order valence-electron chi connectivity index (χ4n) is 1.49. The van der Waals surface area contributed by atoms with E-state index in [0.29, 0.717) is 4.91 Å². The number of hydrogen-bond acceptors (Lipinski definition) is 6. The van der Waals surface area contributed by atoms with Gasteiger partial charge in [-0.05, 0) is 12.5 Å². The molecule has 86 valence electrons. The van der Waals surface area contributed by atoms with E-state index in [2.05, 4.69) is 33.3 Å². The summed E-state index contributed by atoms with van der Waals surface area (Å²) < 4.78 is 30.6. The van der Waals surface area contributed by atoms with E-state index in [1.54, 1.807) is 12.2 Å². The van der Waals surface area contributed by atoms with Gasteiger partial charge in [0.15, 0.2) is 4.75 Å². The molecule has 1 unspecified atom stereocenters. The van der Waals surface area contributed by atoms with Gasteiger partial charge in [0.05, 0.1) is 0 Å². The molecule has 0 bridgehead atoms. The van der Waals surface area contributed by atoms with Crippen LogP contribution in [0.25, 0.3) is 0 Å². The van der Waals surface area contributed by atoms with Crippen molar-refractivity contribution in [1.82, 2.24) is 20.6 Å². The number of nitrogens with zero attached hydrogens (tertiary/aromatic N) is 3. The summed E-state index contributed by atoms with van der Waals surface area (Å²) in [6, 6.07) is 0. The number of aromatic amines is 1. The molecule has 0 saturated heterocycles. The minimum Gasteiger partial charge on any atom is -0.285 e. The Kier molecular flexibility index (Phi) is 2.60. The quantitative estimate of drug-likeness (QED) is 0.512. The van der Waals surface area contributed by atoms with Crippen molar-refractivity contribution in [2.45, 2.75) is 11.2 Å². The van der Waals surface area contributed by atoms with E-state index >= 15 is 0 Å². The highest BCUT2D eigenvalue weighted by Gasteiger charge is 2.47. The fraction of sp³-hybridized carbons (Fsp3) is 0.286. The molecule has 0 spiro atoms. The molecule has 9 heteroatoms. The minimum atomic E-state index is -4.40. The third-order valence-electron chi connectivity index (χ3n) is 2.27. The first-order valence-electron chi connectivity index (χ1n) is 4.25. The van der Waals surface area contributed by atoms with E-state index < -0.39 is 14.9 Å². The molecule has 2 N–H and O–H groups in total. The first-order valence-corrected chi connectivity index (χ1v) is 6.14. The largest absolute Gasteiger partial charge is 0.285 e. The number of hydrogen-bond donors (Lipinski definition) is 3. The van der Waals surface area contributed by atoms with Gasteiger partial charge in [-0.3, -0.25) is 4.55 Å². The highest BCUT2D eigenvalue weighted by atomic mass is 32.2. The first kappa shape index (κ1) is 11.3. The second kappa shape index (κ2) is 3.68. The van der Waals surface area contributed by atoms with Gasteiger partial charge in [0.1, 0.15) is 0 Å². The SMILES string of the molecule is O=S(=O)(O)C1(c2nn[nH]n2)C=C(S)C=CC1. The van der Waals surface area contributed by atoms with Gasteiger partial charge in [0, 0.05) is 4.91 Å². The van der Waals surface area contributed by atoms with Crippen molar-refractivity contribution in [3.63, 3.8) is 0 Å². The zero-order valence-electron chi connectivity index (χ0n) is 7.90. The molecule has 1 aromatic rings. The average molecular weight is 260 g/mol. The van der Waals surface area contributed by atoms with Gasteiger partial charge < -0.3 is 0 Å². The van der Waals surface area contributed by atoms with Gasteiger partial charge in [-0.1, -0.05) is 17.4 Å². The molecule has 2 rings (SSSR count). The maximum absolute atomic E-state index is 11.5. The standard InChI is InChI=1S/C7H8N4O3S2/c12-16(13,14)7(6-8-10-11-9-6)3-1-2-5(15)4-7/h1-2,4,15H,3H2,(H,12,13,14)(H,8,9,10,11). The third kappa shape index (κ3) is 1.66. The van der Waals surface area contributed by atoms with Crippen molar-refractivity contribution in [2.24, 2.45) is 0 Å². The monoisotopic (exact) mass is 260 g/mol. The predicted octanol–water partition coefficient (Wildman–Crippen LogP) is 0.0564. The van der Waals surface area contributed by atoms with Gasteiger partial charge in [0.25, 0.3) is 10.1 Å². The molecule has 0 radical (unpaired) electrons. The Morgan fingerprint density at radius 3 is 2.81 bits per heavy atom. The van der Waals surface area contributed by atoms with Crippen LogP contribution in [0.15, 0.2) is 23.1 Å². The molecule has 7 nitrogen and oxygen atoms in total. The molecule has 0 aromatic carbocycles. The molecule has 1 atom stereocenters. The summed E-state index contributed by atoms with van der Waals surface area (Å²) in [6.07, 6.45) is 4.53. The van der Waals surface area contributed by atoms with Crippen LogP contribution in [0.2, 0.25) is 0 Å². The Morgan fingerprint density at radius 1 is 1.56 bits per heavy atom. The van der Waals surface area contributed by atoms with E-state index in [-0.39, 0.29) is 12.2 Å². The second-order valence-electron chi connectivity index (χ2n) is 3.28. The number of tetrazole rings is 1. The van der Waals surface area contributed by atoms with Crippen LogP contribution in [0.3, 0.4) is 0 Å². The van der Waals surface area contributed by atoms with Crippen LogP contribution >= 0.6 is 12.6 Å². The van der Waals surface area contributed by atoms with Gasteiger partial charge in [-0.2, -0.15) is 13.6 Å². The lowest BCUT2D eigenvalue weighted by Crippen LogP contribution is -2.35. The Bertz CT molecular complexity index is 548. The van der Waals surface area contributed by atoms with Crippen LogP contribution in [-0.2, 0) is 14.9 Å². The molecule has 0 amide bonds. The topological polar surface area (TPSA) is 109 Å². The van der Waals surface area contributed by atoms with Crippen LogP contribution in [0.5, 0.6) is 0 Å². The summed E-state index contributed by atoms with van der Waals surface area (Å²) in [4.78, 5) is 0.411. The van der Waals surface area contributed by atoms with Crippen molar-refractivity contribution in [2.75, 3.05) is 0 Å². The van der Waals surface area contributed by atoms with Crippen LogP contribution < -0.4 is 0 Å². The summed E-state index contributed by atoms with van der Waals surface area (Å²) in [5, 5.41) is 12.7. The predicted molar refractivity (Wildman–Crippen MR) is 58.2 cm³/mol. The number of nitrogens with one attached hydrogen (secondary N) is 1. The van der Waals surface area contributed by atoms with E-state index in [0.717, 1.165) is 0 Å². The lowest BCUT2D eigenvalue weighted by atomic mass is 9.99. The summed E-state index contributed by atoms with van der Waals surface area (Å²) in [5.74, 6) is -0.106. The fourth-order valence-corrected chi connectivity index (χ4v) is 2.81. The lowest BCUT2D eigenvalue weighted by Gasteiger charge is -2.24. The molecule has 1 aromatic heterocycles. The highest BCUT2D eigenvalue weighted by Crippen LogP contribution is 2.37. The molecule has 1 aliphatic carbocycles. The minimum absolute atomic E-state index is 0.0371. The van der Waals surface area contributed by atoms with E-state index in [9.17, 15) is 13.0 Å². The van der Waals surface area contributed by atoms with E-state index in [1.807, 2.05) is 0 Å². The van der Waals surface area contributed by atoms with Crippen molar-refractivity contribution in [3.05, 3.63) is 29.0 Å². The van der Waals surface area contributed by atoms with E-state index in [1.165, 1.54) is 6.08 Å². The Labute approximate surface area is 96.8 Å². The second-order valence-corrected chi connectivity index (χ2v) is 5.47. The van der Waals surface area contributed by atoms with Crippen molar-refractivity contribution in [1.29, 1.82) is 0 Å². The summed E-state index contributed by atoms with van der Waals surface area (Å²) in [7, 11) is -4.40. The third-order valence-corrected chi connectivity index (χ3v) is 3.94. The van der Waals surface area contributed by atoms with Crippen molar-refractivity contribution >= 4 is 22.7 Å². The number of H-pyrrole nitrogens is 1. The summed E-state index contributed by atoms with van der Waals surface area (Å²) >= 11 is 4.05. The zero-order chi connectivity index (χ0) is 11.8. The smallest absolute Gasteiger partial charge is 0.282 e. The first-order chi connectivity index (χ1) is 7.46. The Hall–Kier alpha value is -1.19. The Balaban J connectivity index is 2.65. The van der Waals surface area contributed by atoms with Crippen LogP contribution in [0.4, 0.5) is 0 Å². The number of thiol groups is 1. The summed E-state index contributed by atoms with van der Waals surface area (Å²) in [6.45, 7) is 0. The van der Waals surface area contributed by atoms with Gasteiger partial charge >= 0.3 is 0 Å². The lowest BCUT2D eigenvalue weighted by molar-refractivity contribution is 0.442. The highest BCUT2D eigenvalue weighted by molar-refractivity contribution is 7.87. The molecule has 1 aliphatic rings. The Morgan fingerprint density at radius 2 is 2.31 bits per heavy atom. The molecule has 1 heterocycles. The van der Waals surface area contributed by atoms with Crippen LogP contribution in [0, 0.1) is 0 Å². The van der Waals surface area contributed by atoms with Crippen molar-refractivity contribution < 1.29 is 13.0 Å². The zero-order valence-corrected chi connectivity index (χ0v) is 9.61. The number of rotatable bonds is 2. The molecular formula is C7H8N4O3S2. The van der Waals surface area contributed by atoms with Gasteiger partial charge in [0.2, 0.25) is 5.82 Å². The number of allylic oxidation sites excluding steroid dienone is 2. The molecule has 16 heavy (non-hydrogen) atoms. The average Bonchev–Trinajstić information content (AvgIpc) is 2.68. The molecule has 0 fully saturated rings. The normalized spacial score (nSPS) is 25.5. The van der Waals surface area contributed by atoms with Crippen LogP contribution in [-0.4, -0.2) is 33.6 Å². The van der Waals surface area contributed by atoms with Gasteiger partial charge in [-0.15, -0.1) is 22.8 Å². The van der Waals surface area contributed by atoms with Crippen LogP contribution in [0.1, 0.15) is 12.2 Å². The van der Waals surface area contributed by atoms with Crippen molar-refractivity contribution in [3.8, 4) is 0 Å². The van der Waals surface area contributed by atoms with Gasteiger partial charge in [-0.25, -0.2) is 0 Å². The van der Waals surface area contributed by atoms with E-state index in [4.69, 9.17) is 0 Å². The molecular weight excluding hydrogens is 252 g/mol. The molecule has 0 saturated carbocycles. The maximum Gasteiger partial charge on any atom is 0.282 e.